The molecule has 10 nitrogen and oxygen atoms in total. The van der Waals surface area contributed by atoms with Crippen molar-refractivity contribution in [1.29, 1.82) is 0 Å². The monoisotopic (exact) mass is 281 g/mol. The van der Waals surface area contributed by atoms with Crippen molar-refractivity contribution in [3.63, 3.8) is 0 Å². The zero-order valence-corrected chi connectivity index (χ0v) is 10.2. The molecule has 1 aliphatic heterocycles. The van der Waals surface area contributed by atoms with Gasteiger partial charge in [0.2, 0.25) is 5.95 Å². The number of nitrogens with zero attached hydrogens (tertiary/aromatic N) is 4. The van der Waals surface area contributed by atoms with Crippen molar-refractivity contribution < 1.29 is 20.1 Å². The van der Waals surface area contributed by atoms with Gasteiger partial charge in [0.1, 0.15) is 30.4 Å². The van der Waals surface area contributed by atoms with E-state index < -0.39 is 31.1 Å². The first-order valence-electron chi connectivity index (χ1n) is 5.88. The highest BCUT2D eigenvalue weighted by molar-refractivity contribution is 5.82. The third-order valence-electron chi connectivity index (χ3n) is 3.24. The minimum atomic E-state index is -1.27. The number of anilines is 2. The summed E-state index contributed by atoms with van der Waals surface area (Å²) in [7, 11) is 0. The molecule has 1 radical (unpaired) electrons. The van der Waals surface area contributed by atoms with E-state index in [-0.39, 0.29) is 17.4 Å². The molecule has 107 valence electrons. The predicted molar refractivity (Wildman–Crippen MR) is 65.6 cm³/mol. The zero-order chi connectivity index (χ0) is 14.4. The highest BCUT2D eigenvalue weighted by Crippen LogP contribution is 2.32. The minimum Gasteiger partial charge on any atom is -0.387 e. The quantitative estimate of drug-likeness (QED) is 0.492. The molecule has 6 N–H and O–H groups in total. The molecule has 20 heavy (non-hydrogen) atoms. The summed E-state index contributed by atoms with van der Waals surface area (Å²) >= 11 is 0. The van der Waals surface area contributed by atoms with Crippen LogP contribution in [0.3, 0.4) is 0 Å². The fourth-order valence-corrected chi connectivity index (χ4v) is 2.24. The van der Waals surface area contributed by atoms with Crippen LogP contribution < -0.4 is 11.5 Å². The summed E-state index contributed by atoms with van der Waals surface area (Å²) in [5.74, 6) is 0.0461. The van der Waals surface area contributed by atoms with Crippen LogP contribution in [-0.2, 0) is 9.84 Å². The molecule has 1 saturated heterocycles. The number of fused-ring (bicyclic) bond motifs is 1. The van der Waals surface area contributed by atoms with Gasteiger partial charge in [0.15, 0.2) is 17.7 Å². The lowest BCUT2D eigenvalue weighted by molar-refractivity contribution is -0.0623. The lowest BCUT2D eigenvalue weighted by atomic mass is 10.1. The van der Waals surface area contributed by atoms with Crippen LogP contribution in [0.5, 0.6) is 0 Å². The third kappa shape index (κ3) is 1.78. The maximum absolute atomic E-state index is 10.9. The summed E-state index contributed by atoms with van der Waals surface area (Å²) in [6, 6.07) is 0. The summed E-state index contributed by atoms with van der Waals surface area (Å²) < 4.78 is 6.70. The maximum Gasteiger partial charge on any atom is 0.224 e. The van der Waals surface area contributed by atoms with Gasteiger partial charge < -0.3 is 26.4 Å². The van der Waals surface area contributed by atoms with E-state index in [9.17, 15) is 15.3 Å². The number of hydrogen-bond acceptors (Lipinski definition) is 8. The van der Waals surface area contributed by atoms with Gasteiger partial charge in [-0.3, -0.25) is 4.57 Å². The van der Waals surface area contributed by atoms with Crippen LogP contribution in [0.15, 0.2) is 6.33 Å². The van der Waals surface area contributed by atoms with Crippen LogP contribution in [0.4, 0.5) is 11.8 Å². The second kappa shape index (κ2) is 4.52. The van der Waals surface area contributed by atoms with Crippen LogP contribution in [0, 0.1) is 0 Å². The number of hydrogen-bond donors (Lipinski definition) is 4. The molecule has 1 fully saturated rings. The first-order valence-corrected chi connectivity index (χ1v) is 5.88. The molecule has 3 rings (SSSR count). The van der Waals surface area contributed by atoms with Crippen LogP contribution in [-0.4, -0.2) is 54.7 Å². The smallest absolute Gasteiger partial charge is 0.224 e. The molecule has 1 aliphatic rings. The van der Waals surface area contributed by atoms with Gasteiger partial charge in [0.05, 0.1) is 6.33 Å². The van der Waals surface area contributed by atoms with E-state index in [4.69, 9.17) is 16.2 Å². The summed E-state index contributed by atoms with van der Waals surface area (Å²) in [4.78, 5) is 11.8. The molecule has 0 spiro atoms. The molecule has 4 atom stereocenters. The van der Waals surface area contributed by atoms with Crippen molar-refractivity contribution in [3.05, 3.63) is 6.33 Å². The van der Waals surface area contributed by atoms with E-state index >= 15 is 0 Å². The maximum atomic E-state index is 10.9. The number of nitrogens with two attached hydrogens (primary N) is 2. The average Bonchev–Trinajstić information content (AvgIpc) is 2.93. The Morgan fingerprint density at radius 2 is 2.05 bits per heavy atom. The Hall–Kier alpha value is -2.01. The van der Waals surface area contributed by atoms with Crippen molar-refractivity contribution in [2.75, 3.05) is 18.1 Å². The second-order valence-corrected chi connectivity index (χ2v) is 4.50. The van der Waals surface area contributed by atoms with Gasteiger partial charge in [-0.2, -0.15) is 9.97 Å². The fraction of sp³-hybridized carbons (Fsp3) is 0.500. The number of aromatic nitrogens is 4. The number of ether oxygens (including phenoxy) is 1. The lowest BCUT2D eigenvalue weighted by Gasteiger charge is -2.16. The molecule has 0 aliphatic carbocycles. The number of nitrogen functional groups attached to an aromatic ring is 2. The summed E-state index contributed by atoms with van der Waals surface area (Å²) in [5.41, 5.74) is 11.8. The highest BCUT2D eigenvalue weighted by Gasteiger charge is 2.44. The Morgan fingerprint density at radius 3 is 2.70 bits per heavy atom. The molecule has 0 aromatic carbocycles. The first kappa shape index (κ1) is 13.0. The van der Waals surface area contributed by atoms with Gasteiger partial charge in [0.25, 0.3) is 0 Å². The number of aliphatic hydroxyl groups is 2. The summed E-state index contributed by atoms with van der Waals surface area (Å²) in [6.45, 7) is -0.666. The van der Waals surface area contributed by atoms with Gasteiger partial charge >= 0.3 is 0 Å². The van der Waals surface area contributed by atoms with Crippen molar-refractivity contribution in [3.8, 4) is 0 Å². The van der Waals surface area contributed by atoms with E-state index in [0.717, 1.165) is 0 Å². The van der Waals surface area contributed by atoms with Crippen LogP contribution in [0.1, 0.15) is 6.23 Å². The lowest BCUT2D eigenvalue weighted by Crippen LogP contribution is -2.32. The van der Waals surface area contributed by atoms with Crippen LogP contribution in [0.2, 0.25) is 0 Å². The van der Waals surface area contributed by atoms with Crippen molar-refractivity contribution in [1.82, 2.24) is 19.5 Å². The molecule has 3 heterocycles. The molecule has 0 amide bonds. The zero-order valence-electron chi connectivity index (χ0n) is 10.2. The van der Waals surface area contributed by atoms with Gasteiger partial charge in [0, 0.05) is 0 Å². The molecule has 10 heteroatoms. The number of rotatable bonds is 2. The van der Waals surface area contributed by atoms with Crippen molar-refractivity contribution in [2.45, 2.75) is 24.5 Å². The van der Waals surface area contributed by atoms with Crippen molar-refractivity contribution >= 4 is 22.9 Å². The molecule has 2 aromatic heterocycles. The minimum absolute atomic E-state index is 0.0508. The second-order valence-electron chi connectivity index (χ2n) is 4.50. The summed E-state index contributed by atoms with van der Waals surface area (Å²) in [6.07, 6.45) is -3.19. The Balaban J connectivity index is 2.07. The predicted octanol–water partition coefficient (Wildman–Crippen LogP) is -1.96. The summed E-state index contributed by atoms with van der Waals surface area (Å²) in [5, 5.41) is 30.6. The molecule has 2 aromatic rings. The van der Waals surface area contributed by atoms with Gasteiger partial charge in [-0.1, -0.05) is 0 Å². The molecular weight excluding hydrogens is 268 g/mol. The first-order chi connectivity index (χ1) is 9.52. The van der Waals surface area contributed by atoms with Crippen LogP contribution in [0.25, 0.3) is 11.2 Å². The van der Waals surface area contributed by atoms with Gasteiger partial charge in [-0.25, -0.2) is 10.1 Å². The molecule has 0 saturated carbocycles. The molecule has 0 bridgehead atoms. The SMILES string of the molecule is Nc1nc(N)c2ncn([C@@H]3O[C@H](C[O])[C@@H](O)[C@H]3O)c2n1. The standard InChI is InChI=1S/C10H13N6O4/c11-7-4-8(15-10(12)14-7)16(2-13-4)9-6(19)5(18)3(1-17)20-9/h2-3,5-6,9,18-19H,1H2,(H4,11,12,14,15)/t3-,5-,6-,9-/m1/s1. The average molecular weight is 281 g/mol. The van der Waals surface area contributed by atoms with Crippen LogP contribution >= 0.6 is 0 Å². The Morgan fingerprint density at radius 1 is 1.30 bits per heavy atom. The van der Waals surface area contributed by atoms with E-state index in [1.165, 1.54) is 10.9 Å². The Kier molecular flexibility index (Phi) is 2.94. The van der Waals surface area contributed by atoms with E-state index in [1.807, 2.05) is 0 Å². The Labute approximate surface area is 112 Å². The van der Waals surface area contributed by atoms with Gasteiger partial charge in [-0.15, -0.1) is 0 Å². The van der Waals surface area contributed by atoms with Crippen molar-refractivity contribution in [2.24, 2.45) is 0 Å². The highest BCUT2D eigenvalue weighted by atomic mass is 16.6. The fourth-order valence-electron chi connectivity index (χ4n) is 2.24. The molecule has 0 unspecified atom stereocenters. The topological polar surface area (TPSA) is 165 Å². The van der Waals surface area contributed by atoms with E-state index in [2.05, 4.69) is 15.0 Å². The normalized spacial score (nSPS) is 30.1. The van der Waals surface area contributed by atoms with Gasteiger partial charge in [-0.05, 0) is 0 Å². The number of aliphatic hydroxyl groups excluding tert-OH is 2. The largest absolute Gasteiger partial charge is 0.387 e. The Bertz CT molecular complexity index is 646. The van der Waals surface area contributed by atoms with E-state index in [1.54, 1.807) is 0 Å². The number of imidazole rings is 1. The molecular formula is C10H13N6O4. The van der Waals surface area contributed by atoms with E-state index in [0.29, 0.717) is 5.52 Å². The third-order valence-corrected chi connectivity index (χ3v) is 3.24.